The van der Waals surface area contributed by atoms with Gasteiger partial charge in [0.15, 0.2) is 0 Å². The number of rotatable bonds is 2. The standard InChI is InChI=1S/C12H23NS.W/c14-10-12(6-8-13-9-7-12)11-4-2-1-3-5-11;/h11,13-14H,1-10H2;/p-1. The van der Waals surface area contributed by atoms with Gasteiger partial charge in [0.05, 0.1) is 0 Å². The molecule has 1 heterocycles. The van der Waals surface area contributed by atoms with Crippen molar-refractivity contribution >= 4 is 12.6 Å². The minimum absolute atomic E-state index is 0. The van der Waals surface area contributed by atoms with Gasteiger partial charge in [-0.15, -0.1) is 0 Å². The molecule has 1 aliphatic heterocycles. The van der Waals surface area contributed by atoms with Crippen LogP contribution in [0.2, 0.25) is 0 Å². The third-order valence-corrected chi connectivity index (χ3v) is 4.93. The van der Waals surface area contributed by atoms with Crippen LogP contribution in [0.4, 0.5) is 0 Å². The molecule has 1 aliphatic carbocycles. The van der Waals surface area contributed by atoms with Crippen LogP contribution < -0.4 is 5.32 Å². The Morgan fingerprint density at radius 2 is 1.67 bits per heavy atom. The summed E-state index contributed by atoms with van der Waals surface area (Å²) in [6.07, 6.45) is 9.95. The largest absolute Gasteiger partial charge is 0.792 e. The van der Waals surface area contributed by atoms with Crippen molar-refractivity contribution < 1.29 is 21.1 Å². The Labute approximate surface area is 114 Å². The molecule has 0 unspecified atom stereocenters. The van der Waals surface area contributed by atoms with Gasteiger partial charge in [0.25, 0.3) is 0 Å². The van der Waals surface area contributed by atoms with Crippen molar-refractivity contribution in [2.45, 2.75) is 44.9 Å². The van der Waals surface area contributed by atoms with E-state index >= 15 is 0 Å². The predicted molar refractivity (Wildman–Crippen MR) is 63.3 cm³/mol. The van der Waals surface area contributed by atoms with E-state index in [0.717, 1.165) is 11.7 Å². The van der Waals surface area contributed by atoms with E-state index in [2.05, 4.69) is 5.32 Å². The smallest absolute Gasteiger partial charge is 0 e. The fourth-order valence-corrected chi connectivity index (χ4v) is 3.83. The van der Waals surface area contributed by atoms with E-state index in [9.17, 15) is 0 Å². The maximum Gasteiger partial charge on any atom is 0 e. The normalized spacial score (nSPS) is 27.0. The SMILES string of the molecule is [S-]CC1(C2CCCCC2)CCNCC1.[W]. The first kappa shape index (κ1) is 14.1. The van der Waals surface area contributed by atoms with Crippen LogP contribution in [0.15, 0.2) is 0 Å². The van der Waals surface area contributed by atoms with Gasteiger partial charge in [-0.1, -0.05) is 19.3 Å². The van der Waals surface area contributed by atoms with Crippen LogP contribution >= 0.6 is 0 Å². The monoisotopic (exact) mass is 396 g/mol. The first-order valence-electron chi connectivity index (χ1n) is 6.16. The molecule has 88 valence electrons. The molecule has 3 heteroatoms. The molecule has 2 aliphatic rings. The van der Waals surface area contributed by atoms with Gasteiger partial charge < -0.3 is 17.9 Å². The Hall–Kier alpha value is 0.998. The molecule has 0 radical (unpaired) electrons. The predicted octanol–water partition coefficient (Wildman–Crippen LogP) is 2.48. The summed E-state index contributed by atoms with van der Waals surface area (Å²) < 4.78 is 0. The number of hydrogen-bond donors (Lipinski definition) is 1. The van der Waals surface area contributed by atoms with Crippen LogP contribution in [0.3, 0.4) is 0 Å². The van der Waals surface area contributed by atoms with Crippen molar-refractivity contribution in [3.8, 4) is 0 Å². The van der Waals surface area contributed by atoms with Gasteiger partial charge in [-0.2, -0.15) is 5.75 Å². The van der Waals surface area contributed by atoms with E-state index in [1.165, 1.54) is 58.0 Å². The first-order chi connectivity index (χ1) is 6.87. The summed E-state index contributed by atoms with van der Waals surface area (Å²) >= 11 is 5.44. The van der Waals surface area contributed by atoms with Crippen LogP contribution in [0, 0.1) is 11.3 Å². The molecule has 1 saturated carbocycles. The van der Waals surface area contributed by atoms with Crippen molar-refractivity contribution in [2.75, 3.05) is 18.8 Å². The average molecular weight is 396 g/mol. The maximum atomic E-state index is 5.44. The topological polar surface area (TPSA) is 12.0 Å². The van der Waals surface area contributed by atoms with Crippen LogP contribution in [-0.4, -0.2) is 18.8 Å². The third kappa shape index (κ3) is 3.23. The van der Waals surface area contributed by atoms with E-state index in [0.29, 0.717) is 5.41 Å². The van der Waals surface area contributed by atoms with Gasteiger partial charge in [-0.05, 0) is 50.1 Å². The van der Waals surface area contributed by atoms with Crippen molar-refractivity contribution in [3.05, 3.63) is 0 Å². The number of piperidine rings is 1. The van der Waals surface area contributed by atoms with E-state index < -0.39 is 0 Å². The van der Waals surface area contributed by atoms with E-state index in [4.69, 9.17) is 12.6 Å². The Morgan fingerprint density at radius 3 is 2.20 bits per heavy atom. The summed E-state index contributed by atoms with van der Waals surface area (Å²) in [6, 6.07) is 0. The molecule has 0 spiro atoms. The van der Waals surface area contributed by atoms with Gasteiger partial charge in [0.1, 0.15) is 0 Å². The van der Waals surface area contributed by atoms with Gasteiger partial charge in [0.2, 0.25) is 0 Å². The summed E-state index contributed by atoms with van der Waals surface area (Å²) in [5, 5.41) is 3.47. The molecule has 0 aromatic rings. The van der Waals surface area contributed by atoms with Crippen LogP contribution in [0.1, 0.15) is 44.9 Å². The van der Waals surface area contributed by atoms with E-state index in [1.807, 2.05) is 0 Å². The summed E-state index contributed by atoms with van der Waals surface area (Å²) in [5.74, 6) is 1.95. The molecule has 2 rings (SSSR count). The van der Waals surface area contributed by atoms with Crippen molar-refractivity contribution in [3.63, 3.8) is 0 Å². The molecule has 1 saturated heterocycles. The second kappa shape index (κ2) is 6.67. The van der Waals surface area contributed by atoms with Crippen LogP contribution in [0.5, 0.6) is 0 Å². The third-order valence-electron chi connectivity index (χ3n) is 4.36. The molecule has 0 aromatic carbocycles. The Bertz CT molecular complexity index is 174. The second-order valence-corrected chi connectivity index (χ2v) is 5.38. The zero-order valence-electron chi connectivity index (χ0n) is 9.46. The van der Waals surface area contributed by atoms with Crippen molar-refractivity contribution in [2.24, 2.45) is 11.3 Å². The van der Waals surface area contributed by atoms with Gasteiger partial charge in [0, 0.05) is 21.1 Å². The average Bonchev–Trinajstić information content (AvgIpc) is 2.31. The van der Waals surface area contributed by atoms with Gasteiger partial charge in [-0.25, -0.2) is 0 Å². The second-order valence-electron chi connectivity index (χ2n) is 5.09. The van der Waals surface area contributed by atoms with Gasteiger partial charge in [-0.3, -0.25) is 0 Å². The molecule has 15 heavy (non-hydrogen) atoms. The Balaban J connectivity index is 0.00000112. The fourth-order valence-electron chi connectivity index (χ4n) is 3.31. The molecular weight excluding hydrogens is 374 g/mol. The molecule has 0 amide bonds. The quantitative estimate of drug-likeness (QED) is 0.720. The summed E-state index contributed by atoms with van der Waals surface area (Å²) in [5.41, 5.74) is 0.543. The van der Waals surface area contributed by atoms with Crippen molar-refractivity contribution in [1.82, 2.24) is 5.32 Å². The van der Waals surface area contributed by atoms with E-state index in [-0.39, 0.29) is 21.1 Å². The van der Waals surface area contributed by atoms with E-state index in [1.54, 1.807) is 0 Å². The Morgan fingerprint density at radius 1 is 1.07 bits per heavy atom. The number of nitrogens with one attached hydrogen (secondary N) is 1. The zero-order valence-corrected chi connectivity index (χ0v) is 13.2. The summed E-state index contributed by atoms with van der Waals surface area (Å²) in [4.78, 5) is 0. The molecule has 2 fully saturated rings. The van der Waals surface area contributed by atoms with Gasteiger partial charge >= 0.3 is 0 Å². The maximum absolute atomic E-state index is 5.44. The zero-order chi connectivity index (χ0) is 9.86. The minimum atomic E-state index is 0. The molecule has 1 nitrogen and oxygen atoms in total. The van der Waals surface area contributed by atoms with Crippen LogP contribution in [-0.2, 0) is 33.7 Å². The first-order valence-corrected chi connectivity index (χ1v) is 6.74. The fraction of sp³-hybridized carbons (Fsp3) is 1.00. The molecule has 1 N–H and O–H groups in total. The van der Waals surface area contributed by atoms with Crippen LogP contribution in [0.25, 0.3) is 0 Å². The van der Waals surface area contributed by atoms with Crippen molar-refractivity contribution in [1.29, 1.82) is 0 Å². The number of hydrogen-bond acceptors (Lipinski definition) is 2. The molecular formula is C12H22NSW-. The summed E-state index contributed by atoms with van der Waals surface area (Å²) in [6.45, 7) is 2.40. The molecule has 0 bridgehead atoms. The Kier molecular flexibility index (Phi) is 6.25. The molecule has 0 atom stereocenters. The minimum Gasteiger partial charge on any atom is -0.792 e. The summed E-state index contributed by atoms with van der Waals surface area (Å²) in [7, 11) is 0. The molecule has 0 aromatic heterocycles.